The summed E-state index contributed by atoms with van der Waals surface area (Å²) in [6.07, 6.45) is 23.3. The molecule has 6 heteroatoms. The van der Waals surface area contributed by atoms with Gasteiger partial charge in [-0.25, -0.2) is 0 Å². The minimum Gasteiger partial charge on any atom is -0.493 e. The standard InChI is InChI=1S/C52H71NO5/c1-5-6-7-8-9-10-11-12-13-14-15-16-17-18-19-20-26-58-52-48-33-41(4)34-49(52)47-32-40(3)30-43-36-55-38-45-25-23-24-44(53-45)37-54-35-42-29-39(2)31-46(48)50(42)56-27-21-22-28-57-51(43)47/h23-25,29-34H,5-22,26-28,35-38H2,1-4H3. The molecule has 0 saturated heterocycles. The Morgan fingerprint density at radius 2 is 0.914 bits per heavy atom. The van der Waals surface area contributed by atoms with Crippen molar-refractivity contribution in [1.82, 2.24) is 4.98 Å². The average Bonchev–Trinajstić information content (AvgIpc) is 3.21. The highest BCUT2D eigenvalue weighted by Gasteiger charge is 2.25. The van der Waals surface area contributed by atoms with Crippen molar-refractivity contribution in [2.45, 2.75) is 170 Å². The number of unbranched alkanes of at least 4 members (excludes halogenated alkanes) is 15. The summed E-state index contributed by atoms with van der Waals surface area (Å²) in [7, 11) is 0. The maximum atomic E-state index is 7.03. The van der Waals surface area contributed by atoms with E-state index in [2.05, 4.69) is 64.1 Å². The minimum atomic E-state index is 0.401. The van der Waals surface area contributed by atoms with Gasteiger partial charge in [0.25, 0.3) is 0 Å². The largest absolute Gasteiger partial charge is 0.493 e. The molecule has 0 atom stereocenters. The SMILES string of the molecule is CCCCCCCCCCCCCCCCCCOc1c2cc(C)cc1-c1cc(C)cc3c1OCCCCOc1c(cc(C)cc1-2)COCc1cccc(n1)COC3. The number of hydrogen-bond donors (Lipinski definition) is 0. The molecular weight excluding hydrogens is 719 g/mol. The van der Waals surface area contributed by atoms with Crippen LogP contribution in [0.3, 0.4) is 0 Å². The van der Waals surface area contributed by atoms with Gasteiger partial charge in [0.05, 0.1) is 57.6 Å². The van der Waals surface area contributed by atoms with Crippen molar-refractivity contribution in [3.63, 3.8) is 0 Å². The minimum absolute atomic E-state index is 0.401. The summed E-state index contributed by atoms with van der Waals surface area (Å²) in [5.41, 5.74) is 11.5. The summed E-state index contributed by atoms with van der Waals surface area (Å²) in [5, 5.41) is 0. The number of nitrogens with zero attached hydrogens (tertiary/aromatic N) is 1. The highest BCUT2D eigenvalue weighted by molar-refractivity contribution is 5.88. The van der Waals surface area contributed by atoms with Crippen LogP contribution >= 0.6 is 0 Å². The molecule has 0 unspecified atom stereocenters. The second-order valence-corrected chi connectivity index (χ2v) is 17.0. The summed E-state index contributed by atoms with van der Waals surface area (Å²) in [5.74, 6) is 2.63. The van der Waals surface area contributed by atoms with Gasteiger partial charge >= 0.3 is 0 Å². The van der Waals surface area contributed by atoms with Crippen LogP contribution in [0.25, 0.3) is 22.3 Å². The van der Waals surface area contributed by atoms with Crippen LogP contribution in [0, 0.1) is 20.8 Å². The second kappa shape index (κ2) is 23.7. The maximum absolute atomic E-state index is 7.03. The normalized spacial score (nSPS) is 14.3. The number of rotatable bonds is 18. The first kappa shape index (κ1) is 43.7. The van der Waals surface area contributed by atoms with Crippen molar-refractivity contribution in [2.24, 2.45) is 0 Å². The number of ether oxygens (including phenoxy) is 5. The Balaban J connectivity index is 1.22. The van der Waals surface area contributed by atoms with Gasteiger partial charge in [0, 0.05) is 33.4 Å². The van der Waals surface area contributed by atoms with Crippen LogP contribution < -0.4 is 14.2 Å². The molecule has 2 aliphatic heterocycles. The van der Waals surface area contributed by atoms with Crippen molar-refractivity contribution < 1.29 is 23.7 Å². The summed E-state index contributed by atoms with van der Waals surface area (Å²) in [6, 6.07) is 19.5. The zero-order valence-corrected chi connectivity index (χ0v) is 36.4. The van der Waals surface area contributed by atoms with Crippen LogP contribution in [0.5, 0.6) is 17.2 Å². The third kappa shape index (κ3) is 13.1. The second-order valence-electron chi connectivity index (χ2n) is 17.0. The predicted octanol–water partition coefficient (Wildman–Crippen LogP) is 14.3. The Labute approximate surface area is 350 Å². The molecule has 0 amide bonds. The molecule has 6 nitrogen and oxygen atoms in total. The molecule has 2 aliphatic rings. The van der Waals surface area contributed by atoms with E-state index in [1.165, 1.54) is 96.3 Å². The lowest BCUT2D eigenvalue weighted by Gasteiger charge is -2.23. The Morgan fingerprint density at radius 1 is 0.500 bits per heavy atom. The summed E-state index contributed by atoms with van der Waals surface area (Å²) in [4.78, 5) is 4.85. The van der Waals surface area contributed by atoms with Crippen molar-refractivity contribution in [1.29, 1.82) is 0 Å². The number of aryl methyl sites for hydroxylation is 3. The fraction of sp³-hybridized carbons (Fsp3) is 0.558. The monoisotopic (exact) mass is 790 g/mol. The van der Waals surface area contributed by atoms with Gasteiger partial charge in [-0.15, -0.1) is 0 Å². The van der Waals surface area contributed by atoms with Gasteiger partial charge in [-0.1, -0.05) is 121 Å². The van der Waals surface area contributed by atoms with E-state index in [-0.39, 0.29) is 0 Å². The van der Waals surface area contributed by atoms with E-state index in [9.17, 15) is 0 Å². The summed E-state index contributed by atoms with van der Waals surface area (Å²) >= 11 is 0. The molecule has 0 spiro atoms. The van der Waals surface area contributed by atoms with Crippen LogP contribution in [0.1, 0.15) is 162 Å². The summed E-state index contributed by atoms with van der Waals surface area (Å²) in [6.45, 7) is 12.2. The predicted molar refractivity (Wildman–Crippen MR) is 238 cm³/mol. The molecular formula is C52H71NO5. The zero-order chi connectivity index (χ0) is 40.4. The van der Waals surface area contributed by atoms with Gasteiger partial charge in [-0.05, 0) is 93.1 Å². The molecule has 4 aromatic rings. The number of benzene rings is 3. The summed E-state index contributed by atoms with van der Waals surface area (Å²) < 4.78 is 33.3. The van der Waals surface area contributed by atoms with Gasteiger partial charge in [-0.2, -0.15) is 0 Å². The zero-order valence-electron chi connectivity index (χ0n) is 36.4. The molecule has 0 fully saturated rings. The van der Waals surface area contributed by atoms with Gasteiger partial charge in [-0.3, -0.25) is 4.98 Å². The van der Waals surface area contributed by atoms with E-state index in [1.54, 1.807) is 0 Å². The van der Waals surface area contributed by atoms with Crippen LogP contribution in [-0.2, 0) is 35.9 Å². The van der Waals surface area contributed by atoms with E-state index >= 15 is 0 Å². The lowest BCUT2D eigenvalue weighted by atomic mass is 9.90. The third-order valence-corrected chi connectivity index (χ3v) is 11.6. The van der Waals surface area contributed by atoms with Crippen LogP contribution in [0.15, 0.2) is 54.6 Å². The van der Waals surface area contributed by atoms with Gasteiger partial charge in [0.2, 0.25) is 0 Å². The lowest BCUT2D eigenvalue weighted by Crippen LogP contribution is -2.07. The number of hydrogen-bond acceptors (Lipinski definition) is 6. The average molecular weight is 790 g/mol. The van der Waals surface area contributed by atoms with Gasteiger partial charge < -0.3 is 23.7 Å². The van der Waals surface area contributed by atoms with Crippen molar-refractivity contribution >= 4 is 0 Å². The van der Waals surface area contributed by atoms with Crippen LogP contribution in [0.4, 0.5) is 0 Å². The molecule has 3 aromatic carbocycles. The van der Waals surface area contributed by atoms with E-state index < -0.39 is 0 Å². The smallest absolute Gasteiger partial charge is 0.135 e. The van der Waals surface area contributed by atoms with E-state index in [0.29, 0.717) is 46.2 Å². The lowest BCUT2D eigenvalue weighted by molar-refractivity contribution is 0.0961. The first-order valence-electron chi connectivity index (χ1n) is 22.9. The molecule has 0 aliphatic carbocycles. The molecule has 3 heterocycles. The molecule has 10 bridgehead atoms. The van der Waals surface area contributed by atoms with Crippen LogP contribution in [0.2, 0.25) is 0 Å². The highest BCUT2D eigenvalue weighted by atomic mass is 16.5. The fourth-order valence-corrected chi connectivity index (χ4v) is 8.58. The first-order valence-corrected chi connectivity index (χ1v) is 22.9. The Bertz CT molecular complexity index is 1760. The number of aromatic nitrogens is 1. The fourth-order valence-electron chi connectivity index (χ4n) is 8.58. The van der Waals surface area contributed by atoms with Crippen molar-refractivity contribution in [3.8, 4) is 39.5 Å². The number of fused-ring (bicyclic) bond motifs is 2. The van der Waals surface area contributed by atoms with Crippen molar-refractivity contribution in [3.05, 3.63) is 93.8 Å². The van der Waals surface area contributed by atoms with Crippen LogP contribution in [-0.4, -0.2) is 24.8 Å². The highest BCUT2D eigenvalue weighted by Crippen LogP contribution is 2.48. The van der Waals surface area contributed by atoms with E-state index in [0.717, 1.165) is 98.0 Å². The Hall–Kier alpha value is -3.87. The maximum Gasteiger partial charge on any atom is 0.135 e. The molecule has 0 radical (unpaired) electrons. The Morgan fingerprint density at radius 3 is 1.38 bits per heavy atom. The van der Waals surface area contributed by atoms with Gasteiger partial charge in [0.15, 0.2) is 0 Å². The topological polar surface area (TPSA) is 59.0 Å². The van der Waals surface area contributed by atoms with Crippen molar-refractivity contribution in [2.75, 3.05) is 19.8 Å². The molecule has 0 saturated carbocycles. The quantitative estimate of drug-likeness (QED) is 0.0936. The molecule has 314 valence electrons. The Kier molecular flexibility index (Phi) is 17.8. The molecule has 6 rings (SSSR count). The molecule has 1 aromatic heterocycles. The molecule has 0 N–H and O–H groups in total. The van der Waals surface area contributed by atoms with E-state index in [1.807, 2.05) is 18.2 Å². The first-order chi connectivity index (χ1) is 28.5. The van der Waals surface area contributed by atoms with Gasteiger partial charge in [0.1, 0.15) is 17.2 Å². The number of pyridine rings is 1. The van der Waals surface area contributed by atoms with E-state index in [4.69, 9.17) is 28.7 Å². The molecule has 58 heavy (non-hydrogen) atoms. The third-order valence-electron chi connectivity index (χ3n) is 11.6.